The van der Waals surface area contributed by atoms with Gasteiger partial charge in [0, 0.05) is 21.3 Å². The zero-order valence-corrected chi connectivity index (χ0v) is 20.6. The lowest BCUT2D eigenvalue weighted by Gasteiger charge is -2.36. The van der Waals surface area contributed by atoms with Crippen molar-refractivity contribution in [1.82, 2.24) is 0 Å². The zero-order chi connectivity index (χ0) is 25.1. The van der Waals surface area contributed by atoms with Crippen LogP contribution < -0.4 is 14.5 Å². The number of imide groups is 1. The Labute approximate surface area is 217 Å². The molecular weight excluding hydrogens is 499 g/mol. The van der Waals surface area contributed by atoms with Crippen LogP contribution in [-0.4, -0.2) is 36.8 Å². The van der Waals surface area contributed by atoms with Gasteiger partial charge >= 0.3 is 0 Å². The predicted molar refractivity (Wildman–Crippen MR) is 139 cm³/mol. The minimum absolute atomic E-state index is 0.229. The lowest BCUT2D eigenvalue weighted by Crippen LogP contribution is -2.48. The van der Waals surface area contributed by atoms with Crippen LogP contribution in [0, 0.1) is 11.8 Å². The second-order valence-electron chi connectivity index (χ2n) is 9.04. The summed E-state index contributed by atoms with van der Waals surface area (Å²) in [5.74, 6) is -2.01. The molecule has 0 N–H and O–H groups in total. The summed E-state index contributed by atoms with van der Waals surface area (Å²) in [7, 11) is 1.56. The van der Waals surface area contributed by atoms with E-state index in [4.69, 9.17) is 27.9 Å². The highest BCUT2D eigenvalue weighted by atomic mass is 35.5. The van der Waals surface area contributed by atoms with Crippen LogP contribution in [0.2, 0.25) is 10.0 Å². The van der Waals surface area contributed by atoms with Gasteiger partial charge in [-0.15, -0.1) is 0 Å². The molecule has 0 bridgehead atoms. The molecule has 36 heavy (non-hydrogen) atoms. The first-order chi connectivity index (χ1) is 17.4. The van der Waals surface area contributed by atoms with E-state index >= 15 is 0 Å². The smallest absolute Gasteiger partial charge is 0.240 e. The number of carbonyl (C=O) groups is 3. The number of Topliss-reactive ketones (excluding diaryl/α,β-unsaturated/α-hetero) is 1. The molecule has 3 aromatic carbocycles. The van der Waals surface area contributed by atoms with Crippen LogP contribution in [0.25, 0.3) is 6.08 Å². The number of nitrogens with zero attached hydrogens (tertiary/aromatic N) is 2. The fourth-order valence-corrected chi connectivity index (χ4v) is 6.18. The molecule has 4 atom stereocenters. The summed E-state index contributed by atoms with van der Waals surface area (Å²) in [6.07, 6.45) is 3.87. The van der Waals surface area contributed by atoms with Crippen molar-refractivity contribution >= 4 is 58.3 Å². The molecule has 8 heteroatoms. The van der Waals surface area contributed by atoms with Gasteiger partial charge in [-0.25, -0.2) is 4.90 Å². The molecule has 0 spiro atoms. The quantitative estimate of drug-likeness (QED) is 0.347. The summed E-state index contributed by atoms with van der Waals surface area (Å²) in [6, 6.07) is 17.8. The van der Waals surface area contributed by atoms with E-state index in [1.807, 2.05) is 41.3 Å². The molecule has 0 aliphatic carbocycles. The number of methoxy groups -OCH3 is 1. The number of rotatable bonds is 4. The molecule has 3 heterocycles. The molecule has 2 amide bonds. The van der Waals surface area contributed by atoms with Crippen molar-refractivity contribution in [2.75, 3.05) is 16.9 Å². The van der Waals surface area contributed by atoms with E-state index in [-0.39, 0.29) is 11.7 Å². The van der Waals surface area contributed by atoms with Gasteiger partial charge in [0.25, 0.3) is 0 Å². The van der Waals surface area contributed by atoms with E-state index in [0.717, 1.165) is 16.2 Å². The van der Waals surface area contributed by atoms with E-state index in [0.29, 0.717) is 27.0 Å². The third-order valence-corrected chi connectivity index (χ3v) is 7.60. The maximum Gasteiger partial charge on any atom is 0.240 e. The Morgan fingerprint density at radius 3 is 2.25 bits per heavy atom. The number of fused-ring (bicyclic) bond motifs is 5. The first-order valence-corrected chi connectivity index (χ1v) is 12.2. The highest BCUT2D eigenvalue weighted by molar-refractivity contribution is 6.36. The number of hydrogen-bond donors (Lipinski definition) is 0. The summed E-state index contributed by atoms with van der Waals surface area (Å²) in [4.78, 5) is 44.8. The third kappa shape index (κ3) is 3.36. The Balaban J connectivity index is 1.48. The van der Waals surface area contributed by atoms with Crippen LogP contribution >= 0.6 is 23.2 Å². The first-order valence-electron chi connectivity index (χ1n) is 11.5. The molecule has 3 aromatic rings. The van der Waals surface area contributed by atoms with Crippen molar-refractivity contribution in [2.24, 2.45) is 11.8 Å². The lowest BCUT2D eigenvalue weighted by molar-refractivity contribution is -0.122. The van der Waals surface area contributed by atoms with Crippen molar-refractivity contribution in [1.29, 1.82) is 0 Å². The number of carbonyl (C=O) groups excluding carboxylic acids is 3. The van der Waals surface area contributed by atoms with Gasteiger partial charge in [-0.1, -0.05) is 53.6 Å². The molecule has 3 aliphatic rings. The Hall–Kier alpha value is -3.61. The molecule has 2 saturated heterocycles. The van der Waals surface area contributed by atoms with Crippen LogP contribution in [0.3, 0.4) is 0 Å². The molecule has 6 rings (SSSR count). The highest BCUT2D eigenvalue weighted by Crippen LogP contribution is 2.50. The van der Waals surface area contributed by atoms with E-state index in [1.54, 1.807) is 31.4 Å². The number of para-hydroxylation sites is 1. The maximum atomic E-state index is 14.0. The highest BCUT2D eigenvalue weighted by Gasteiger charge is 2.64. The predicted octanol–water partition coefficient (Wildman–Crippen LogP) is 5.27. The molecule has 2 fully saturated rings. The number of benzene rings is 3. The molecule has 0 saturated carbocycles. The average Bonchev–Trinajstić information content (AvgIpc) is 3.35. The van der Waals surface area contributed by atoms with E-state index in [1.165, 1.54) is 18.2 Å². The third-order valence-electron chi connectivity index (χ3n) is 7.16. The molecule has 0 unspecified atom stereocenters. The maximum absolute atomic E-state index is 14.0. The second kappa shape index (κ2) is 8.50. The molecular formula is C28H20Cl2N2O4. The summed E-state index contributed by atoms with van der Waals surface area (Å²) in [5.41, 5.74) is 2.50. The SMILES string of the molecule is COc1ccc(C(=O)[C@H]2[C@@H]3C(=O)N(c4cc(Cl)cc(Cl)c4)C(=O)[C@@H]3[C@H]3C=Cc4ccccc4N32)cc1. The van der Waals surface area contributed by atoms with Gasteiger partial charge < -0.3 is 9.64 Å². The van der Waals surface area contributed by atoms with Gasteiger partial charge in [0.15, 0.2) is 5.78 Å². The number of hydrogen-bond acceptors (Lipinski definition) is 5. The number of halogens is 2. The van der Waals surface area contributed by atoms with Gasteiger partial charge in [-0.3, -0.25) is 14.4 Å². The van der Waals surface area contributed by atoms with Gasteiger partial charge in [-0.2, -0.15) is 0 Å². The monoisotopic (exact) mass is 518 g/mol. The fourth-order valence-electron chi connectivity index (χ4n) is 5.66. The summed E-state index contributed by atoms with van der Waals surface area (Å²) in [6.45, 7) is 0. The summed E-state index contributed by atoms with van der Waals surface area (Å²) in [5, 5.41) is 0.628. The zero-order valence-electron chi connectivity index (χ0n) is 19.1. The van der Waals surface area contributed by atoms with Crippen LogP contribution in [0.1, 0.15) is 15.9 Å². The number of ketones is 1. The minimum atomic E-state index is -0.870. The number of amides is 2. The van der Waals surface area contributed by atoms with Gasteiger partial charge in [0.2, 0.25) is 11.8 Å². The average molecular weight is 519 g/mol. The van der Waals surface area contributed by atoms with Gasteiger partial charge in [0.1, 0.15) is 11.8 Å². The second-order valence-corrected chi connectivity index (χ2v) is 9.92. The molecule has 3 aliphatic heterocycles. The lowest BCUT2D eigenvalue weighted by atomic mass is 9.86. The summed E-state index contributed by atoms with van der Waals surface area (Å²) >= 11 is 12.4. The van der Waals surface area contributed by atoms with Crippen molar-refractivity contribution < 1.29 is 19.1 Å². The normalized spacial score (nSPS) is 24.0. The van der Waals surface area contributed by atoms with E-state index in [9.17, 15) is 14.4 Å². The number of anilines is 2. The molecule has 0 aromatic heterocycles. The van der Waals surface area contributed by atoms with Crippen molar-refractivity contribution in [3.05, 3.63) is 94.0 Å². The molecule has 180 valence electrons. The van der Waals surface area contributed by atoms with Crippen LogP contribution in [-0.2, 0) is 9.59 Å². The molecule has 0 radical (unpaired) electrons. The van der Waals surface area contributed by atoms with Crippen LogP contribution in [0.5, 0.6) is 5.75 Å². The Bertz CT molecular complexity index is 1430. The topological polar surface area (TPSA) is 66.9 Å². The number of ether oxygens (including phenoxy) is 1. The first kappa shape index (κ1) is 22.8. The van der Waals surface area contributed by atoms with Gasteiger partial charge in [0.05, 0.1) is 30.7 Å². The van der Waals surface area contributed by atoms with Crippen molar-refractivity contribution in [3.8, 4) is 5.75 Å². The Morgan fingerprint density at radius 2 is 1.56 bits per heavy atom. The fraction of sp³-hybridized carbons (Fsp3) is 0.179. The van der Waals surface area contributed by atoms with Crippen molar-refractivity contribution in [3.63, 3.8) is 0 Å². The minimum Gasteiger partial charge on any atom is -0.497 e. The van der Waals surface area contributed by atoms with Crippen molar-refractivity contribution in [2.45, 2.75) is 12.1 Å². The largest absolute Gasteiger partial charge is 0.497 e. The summed E-state index contributed by atoms with van der Waals surface area (Å²) < 4.78 is 5.23. The standard InChI is InChI=1S/C28H20Cl2N2O4/c1-36-20-9-6-16(7-10-20)26(33)25-24-23(22-11-8-15-4-2-3-5-21(15)32(22)25)27(34)31(28(24)35)19-13-17(29)12-18(30)14-19/h2-14,22-25H,1H3/t22-,23-,24-,25-/m1/s1. The Morgan fingerprint density at radius 1 is 0.889 bits per heavy atom. The van der Waals surface area contributed by atoms with Crippen LogP contribution in [0.4, 0.5) is 11.4 Å². The van der Waals surface area contributed by atoms with E-state index < -0.39 is 29.8 Å². The molecule has 6 nitrogen and oxygen atoms in total. The van der Waals surface area contributed by atoms with Crippen LogP contribution in [0.15, 0.2) is 72.8 Å². The van der Waals surface area contributed by atoms with E-state index in [2.05, 4.69) is 0 Å². The van der Waals surface area contributed by atoms with Gasteiger partial charge in [-0.05, 0) is 54.1 Å². The Kier molecular flexibility index (Phi) is 5.39.